The molecule has 1 aromatic carbocycles. The molecule has 0 spiro atoms. The lowest BCUT2D eigenvalue weighted by Crippen LogP contribution is -2.35. The molecule has 4 heteroatoms. The minimum atomic E-state index is 0.108. The number of halogens is 1. The average Bonchev–Trinajstić information content (AvgIpc) is 2.83. The van der Waals surface area contributed by atoms with Crippen molar-refractivity contribution in [1.82, 2.24) is 4.90 Å². The second-order valence-corrected chi connectivity index (χ2v) is 5.59. The topological polar surface area (TPSA) is 40.5 Å². The molecule has 0 radical (unpaired) electrons. The molecule has 1 unspecified atom stereocenters. The molecule has 1 saturated heterocycles. The lowest BCUT2D eigenvalue weighted by Gasteiger charge is -2.24. The largest absolute Gasteiger partial charge is 0.396 e. The lowest BCUT2D eigenvalue weighted by atomic mass is 10.1. The van der Waals surface area contributed by atoms with Crippen LogP contribution in [-0.4, -0.2) is 35.1 Å². The van der Waals surface area contributed by atoms with Crippen molar-refractivity contribution >= 4 is 21.8 Å². The summed E-state index contributed by atoms with van der Waals surface area (Å²) in [5, 5.41) is 8.90. The van der Waals surface area contributed by atoms with E-state index in [0.29, 0.717) is 6.04 Å². The monoisotopic (exact) mass is 311 g/mol. The molecule has 0 saturated carbocycles. The van der Waals surface area contributed by atoms with E-state index in [1.54, 1.807) is 0 Å². The van der Waals surface area contributed by atoms with E-state index in [2.05, 4.69) is 15.9 Å². The molecule has 1 aliphatic heterocycles. The van der Waals surface area contributed by atoms with Crippen LogP contribution in [0.4, 0.5) is 0 Å². The van der Waals surface area contributed by atoms with Gasteiger partial charge in [-0.3, -0.25) is 4.79 Å². The molecule has 18 heavy (non-hydrogen) atoms. The molecule has 0 bridgehead atoms. The minimum absolute atomic E-state index is 0.108. The molecule has 0 aromatic heterocycles. The molecular weight excluding hydrogens is 294 g/mol. The third-order valence-corrected chi connectivity index (χ3v) is 3.90. The smallest absolute Gasteiger partial charge is 0.254 e. The van der Waals surface area contributed by atoms with E-state index in [4.69, 9.17) is 5.11 Å². The number of likely N-dealkylation sites (tertiary alicyclic amines) is 1. The molecule has 0 aliphatic carbocycles. The number of aliphatic hydroxyl groups excluding tert-OH is 1. The maximum absolute atomic E-state index is 12.4. The summed E-state index contributed by atoms with van der Waals surface area (Å²) < 4.78 is 0.930. The quantitative estimate of drug-likeness (QED) is 0.929. The molecule has 1 aliphatic rings. The summed E-state index contributed by atoms with van der Waals surface area (Å²) in [5.74, 6) is 0.108. The highest BCUT2D eigenvalue weighted by atomic mass is 79.9. The van der Waals surface area contributed by atoms with Crippen molar-refractivity contribution in [3.63, 3.8) is 0 Å². The molecule has 98 valence electrons. The van der Waals surface area contributed by atoms with Gasteiger partial charge in [-0.15, -0.1) is 0 Å². The van der Waals surface area contributed by atoms with Crippen LogP contribution < -0.4 is 0 Å². The number of carbonyl (C=O) groups excluding carboxylic acids is 1. The zero-order chi connectivity index (χ0) is 13.0. The normalized spacial score (nSPS) is 19.2. The van der Waals surface area contributed by atoms with Gasteiger partial charge in [0.15, 0.2) is 0 Å². The predicted octanol–water partition coefficient (Wildman–Crippen LogP) is 2.83. The Bertz CT molecular complexity index is 422. The number of hydrogen-bond acceptors (Lipinski definition) is 2. The Morgan fingerprint density at radius 1 is 1.50 bits per heavy atom. The number of hydrogen-bond donors (Lipinski definition) is 1. The van der Waals surface area contributed by atoms with Crippen LogP contribution in [0.2, 0.25) is 0 Å². The van der Waals surface area contributed by atoms with Crippen LogP contribution in [0.5, 0.6) is 0 Å². The van der Waals surface area contributed by atoms with Crippen molar-refractivity contribution in [1.29, 1.82) is 0 Å². The SMILES string of the molecule is O=C(c1cccc(Br)c1)N1CCCC1CCCO. The number of nitrogens with zero attached hydrogens (tertiary/aromatic N) is 1. The van der Waals surface area contributed by atoms with Gasteiger partial charge < -0.3 is 10.0 Å². The third-order valence-electron chi connectivity index (χ3n) is 3.41. The van der Waals surface area contributed by atoms with E-state index in [1.807, 2.05) is 29.2 Å². The lowest BCUT2D eigenvalue weighted by molar-refractivity contribution is 0.0724. The molecule has 2 rings (SSSR count). The first kappa shape index (κ1) is 13.6. The standard InChI is InChI=1S/C14H18BrNO2/c15-12-5-1-4-11(10-12)14(18)16-8-2-6-13(16)7-3-9-17/h1,4-5,10,13,17H,2-3,6-9H2. The van der Waals surface area contributed by atoms with Gasteiger partial charge in [0, 0.05) is 29.2 Å². The van der Waals surface area contributed by atoms with Crippen molar-refractivity contribution in [3.8, 4) is 0 Å². The van der Waals surface area contributed by atoms with Crippen LogP contribution in [0, 0.1) is 0 Å². The predicted molar refractivity (Wildman–Crippen MR) is 74.5 cm³/mol. The highest BCUT2D eigenvalue weighted by Crippen LogP contribution is 2.24. The third kappa shape index (κ3) is 3.12. The highest BCUT2D eigenvalue weighted by molar-refractivity contribution is 9.10. The molecule has 1 amide bonds. The van der Waals surface area contributed by atoms with Crippen molar-refractivity contribution in [2.45, 2.75) is 31.7 Å². The fraction of sp³-hybridized carbons (Fsp3) is 0.500. The number of rotatable bonds is 4. The Kier molecular flexibility index (Phi) is 4.78. The van der Waals surface area contributed by atoms with Crippen LogP contribution in [-0.2, 0) is 0 Å². The first-order valence-electron chi connectivity index (χ1n) is 6.40. The van der Waals surface area contributed by atoms with E-state index in [9.17, 15) is 4.79 Å². The summed E-state index contributed by atoms with van der Waals surface area (Å²) in [6, 6.07) is 7.82. The van der Waals surface area contributed by atoms with Crippen LogP contribution in [0.1, 0.15) is 36.0 Å². The summed E-state index contributed by atoms with van der Waals surface area (Å²) in [4.78, 5) is 14.4. The van der Waals surface area contributed by atoms with E-state index in [-0.39, 0.29) is 12.5 Å². The van der Waals surface area contributed by atoms with Gasteiger partial charge in [-0.2, -0.15) is 0 Å². The Balaban J connectivity index is 2.08. The second kappa shape index (κ2) is 6.34. The van der Waals surface area contributed by atoms with Gasteiger partial charge in [0.2, 0.25) is 0 Å². The minimum Gasteiger partial charge on any atom is -0.396 e. The Labute approximate surface area is 116 Å². The number of carbonyl (C=O) groups is 1. The summed E-state index contributed by atoms with van der Waals surface area (Å²) >= 11 is 3.39. The van der Waals surface area contributed by atoms with Crippen molar-refractivity contribution in [2.24, 2.45) is 0 Å². The summed E-state index contributed by atoms with van der Waals surface area (Å²) in [5.41, 5.74) is 0.736. The summed E-state index contributed by atoms with van der Waals surface area (Å²) in [6.45, 7) is 1.04. The molecule has 1 aromatic rings. The van der Waals surface area contributed by atoms with Crippen molar-refractivity contribution in [2.75, 3.05) is 13.2 Å². The molecule has 1 atom stereocenters. The second-order valence-electron chi connectivity index (χ2n) is 4.67. The molecule has 1 N–H and O–H groups in total. The zero-order valence-electron chi connectivity index (χ0n) is 10.3. The number of benzene rings is 1. The van der Waals surface area contributed by atoms with E-state index in [0.717, 1.165) is 42.3 Å². The Morgan fingerprint density at radius 2 is 2.33 bits per heavy atom. The first-order chi connectivity index (χ1) is 8.72. The van der Waals surface area contributed by atoms with Gasteiger partial charge in [0.25, 0.3) is 5.91 Å². The fourth-order valence-electron chi connectivity index (χ4n) is 2.52. The van der Waals surface area contributed by atoms with Gasteiger partial charge in [-0.25, -0.2) is 0 Å². The first-order valence-corrected chi connectivity index (χ1v) is 7.19. The van der Waals surface area contributed by atoms with Crippen molar-refractivity contribution < 1.29 is 9.90 Å². The fourth-order valence-corrected chi connectivity index (χ4v) is 2.92. The maximum Gasteiger partial charge on any atom is 0.254 e. The zero-order valence-corrected chi connectivity index (χ0v) is 11.9. The van der Waals surface area contributed by atoms with E-state index < -0.39 is 0 Å². The van der Waals surface area contributed by atoms with Crippen molar-refractivity contribution in [3.05, 3.63) is 34.3 Å². The molecule has 1 fully saturated rings. The average molecular weight is 312 g/mol. The van der Waals surface area contributed by atoms with E-state index >= 15 is 0 Å². The van der Waals surface area contributed by atoms with E-state index in [1.165, 1.54) is 0 Å². The van der Waals surface area contributed by atoms with Crippen LogP contribution >= 0.6 is 15.9 Å². The Morgan fingerprint density at radius 3 is 3.06 bits per heavy atom. The summed E-state index contributed by atoms with van der Waals surface area (Å²) in [6.07, 6.45) is 3.79. The van der Waals surface area contributed by atoms with Gasteiger partial charge >= 0.3 is 0 Å². The highest BCUT2D eigenvalue weighted by Gasteiger charge is 2.28. The Hall–Kier alpha value is -0.870. The van der Waals surface area contributed by atoms with Crippen LogP contribution in [0.15, 0.2) is 28.7 Å². The summed E-state index contributed by atoms with van der Waals surface area (Å²) in [7, 11) is 0. The number of amides is 1. The molecule has 1 heterocycles. The van der Waals surface area contributed by atoms with Gasteiger partial charge in [-0.05, 0) is 43.9 Å². The van der Waals surface area contributed by atoms with Crippen LogP contribution in [0.25, 0.3) is 0 Å². The van der Waals surface area contributed by atoms with Crippen LogP contribution in [0.3, 0.4) is 0 Å². The van der Waals surface area contributed by atoms with Gasteiger partial charge in [0.1, 0.15) is 0 Å². The van der Waals surface area contributed by atoms with Gasteiger partial charge in [0.05, 0.1) is 0 Å². The van der Waals surface area contributed by atoms with Gasteiger partial charge in [-0.1, -0.05) is 22.0 Å². The molecular formula is C14H18BrNO2. The maximum atomic E-state index is 12.4. The number of aliphatic hydroxyl groups is 1. The molecule has 3 nitrogen and oxygen atoms in total.